The fraction of sp³-hybridized carbons (Fsp3) is 0.500. The summed E-state index contributed by atoms with van der Waals surface area (Å²) in [7, 11) is 0. The van der Waals surface area contributed by atoms with E-state index < -0.39 is 107 Å². The highest BCUT2D eigenvalue weighted by molar-refractivity contribution is 8.00. The smallest absolute Gasteiger partial charge is 0.248 e. The first kappa shape index (κ1) is 58.4. The molecule has 21 nitrogen and oxygen atoms in total. The Morgan fingerprint density at radius 1 is 0.603 bits per heavy atom. The third-order valence-electron chi connectivity index (χ3n) is 14.8. The number of nitrogens with one attached hydrogen (secondary N) is 5. The Balaban J connectivity index is 1.26. The predicted octanol–water partition coefficient (Wildman–Crippen LogP) is 0.337. The van der Waals surface area contributed by atoms with Gasteiger partial charge in [0.05, 0.1) is 5.75 Å². The second kappa shape index (κ2) is 27.3. The molecule has 4 heterocycles. The fourth-order valence-corrected chi connectivity index (χ4v) is 11.6. The minimum Gasteiger partial charge on any atom is -0.368 e. The molecule has 0 radical (unpaired) electrons. The second-order valence-electron chi connectivity index (χ2n) is 21.0. The summed E-state index contributed by atoms with van der Waals surface area (Å²) in [5, 5.41) is 14.2. The van der Waals surface area contributed by atoms with Gasteiger partial charge in [0.2, 0.25) is 59.1 Å². The highest BCUT2D eigenvalue weighted by Crippen LogP contribution is 2.29. The van der Waals surface area contributed by atoms with Gasteiger partial charge in [-0.05, 0) is 98.2 Å². The van der Waals surface area contributed by atoms with Crippen LogP contribution in [-0.4, -0.2) is 153 Å². The number of hydrogen-bond donors (Lipinski definition) is 8. The maximum Gasteiger partial charge on any atom is 0.248 e. The van der Waals surface area contributed by atoms with Gasteiger partial charge in [-0.1, -0.05) is 80.6 Å². The van der Waals surface area contributed by atoms with Crippen LogP contribution in [0.15, 0.2) is 78.9 Å². The Labute approximate surface area is 458 Å². The molecule has 0 bridgehead atoms. The van der Waals surface area contributed by atoms with Gasteiger partial charge in [0.1, 0.15) is 48.3 Å². The maximum atomic E-state index is 15.2. The standard InChI is InChI=1S/C56H73N11O10S/c1-33(2)26-40-50(71)61-39(16-8-9-23-57)54(75)66-25-11-18-45(66)56(77)67-30-38-15-7-6-14-37(38)29-46(67)53(74)63-41(27-35-19-21-36(22-20-35)48(58)69)51(72)64-43(49(59)70)31-78-32-47(68)60-42(28-34-12-4-3-5-13-34)55(76)65-24-10-17-44(65)52(73)62-40/h3-7,12-15,19-22,33,39-46H,8-11,16-18,23-32,57H2,1-2H3,(H2,58,69)(H2,59,70)(H,60,68)(H,61,71)(H,62,73)(H,63,74)(H,64,72)/t39-,40-,41-,42-,43-,44-,45-,46-/m0/s1. The van der Waals surface area contributed by atoms with Crippen LogP contribution < -0.4 is 43.8 Å². The van der Waals surface area contributed by atoms with Crippen LogP contribution in [-0.2, 0) is 69.0 Å². The van der Waals surface area contributed by atoms with Crippen LogP contribution in [0.5, 0.6) is 0 Å². The molecule has 4 aliphatic rings. The molecule has 8 atom stereocenters. The summed E-state index contributed by atoms with van der Waals surface area (Å²) >= 11 is 0.967. The summed E-state index contributed by atoms with van der Waals surface area (Å²) in [4.78, 5) is 146. The van der Waals surface area contributed by atoms with Crippen molar-refractivity contribution in [3.63, 3.8) is 0 Å². The van der Waals surface area contributed by atoms with Gasteiger partial charge in [-0.15, -0.1) is 11.8 Å². The van der Waals surface area contributed by atoms with Crippen molar-refractivity contribution in [3.8, 4) is 0 Å². The quantitative estimate of drug-likeness (QED) is 0.114. The summed E-state index contributed by atoms with van der Waals surface area (Å²) in [6, 6.07) is 13.1. The number of nitrogens with zero attached hydrogens (tertiary/aromatic N) is 3. The number of nitrogens with two attached hydrogens (primary N) is 3. The Bertz CT molecular complexity index is 2690. The zero-order valence-corrected chi connectivity index (χ0v) is 45.1. The molecule has 4 aliphatic heterocycles. The van der Waals surface area contributed by atoms with E-state index in [4.69, 9.17) is 17.2 Å². The molecule has 0 unspecified atom stereocenters. The van der Waals surface area contributed by atoms with E-state index in [0.29, 0.717) is 37.8 Å². The van der Waals surface area contributed by atoms with E-state index in [1.165, 1.54) is 26.8 Å². The molecule has 78 heavy (non-hydrogen) atoms. The molecule has 3 aromatic rings. The minimum absolute atomic E-state index is 0.00408. The lowest BCUT2D eigenvalue weighted by Gasteiger charge is -2.40. The molecule has 3 fully saturated rings. The van der Waals surface area contributed by atoms with Crippen LogP contribution in [0.3, 0.4) is 0 Å². The van der Waals surface area contributed by atoms with E-state index in [0.717, 1.165) is 28.5 Å². The molecular formula is C56H73N11O10S. The van der Waals surface area contributed by atoms with Crippen molar-refractivity contribution in [3.05, 3.63) is 107 Å². The molecule has 0 saturated carbocycles. The average molecular weight is 1090 g/mol. The van der Waals surface area contributed by atoms with E-state index in [-0.39, 0.29) is 87.6 Å². The number of primary amides is 2. The topological polar surface area (TPSA) is 319 Å². The Kier molecular flexibility index (Phi) is 20.4. The van der Waals surface area contributed by atoms with Crippen molar-refractivity contribution < 1.29 is 47.9 Å². The first-order chi connectivity index (χ1) is 37.4. The van der Waals surface area contributed by atoms with E-state index >= 15 is 4.79 Å². The van der Waals surface area contributed by atoms with Crippen molar-refractivity contribution >= 4 is 70.8 Å². The molecule has 7 rings (SSSR count). The number of benzene rings is 3. The van der Waals surface area contributed by atoms with Crippen LogP contribution in [0, 0.1) is 5.92 Å². The number of unbranched alkanes of at least 4 members (excludes halogenated alkanes) is 1. The maximum absolute atomic E-state index is 15.2. The van der Waals surface area contributed by atoms with Gasteiger partial charge in [0, 0.05) is 50.2 Å². The van der Waals surface area contributed by atoms with Crippen LogP contribution in [0.1, 0.15) is 97.8 Å². The number of amides is 10. The number of carbonyl (C=O) groups excluding carboxylic acids is 10. The Morgan fingerprint density at radius 3 is 1.85 bits per heavy atom. The lowest BCUT2D eigenvalue weighted by molar-refractivity contribution is -0.150. The van der Waals surface area contributed by atoms with Crippen molar-refractivity contribution in [1.29, 1.82) is 0 Å². The second-order valence-corrected chi connectivity index (χ2v) is 22.0. The van der Waals surface area contributed by atoms with Crippen LogP contribution in [0.4, 0.5) is 0 Å². The SMILES string of the molecule is CC(C)C[C@@H]1NC(=O)[C@@H]2CCCN2C(=O)[C@H](Cc2ccccc2)NC(=O)CSC[C@@H](C(N)=O)NC(=O)[C@H](Cc2ccc(C(N)=O)cc2)NC(=O)[C@@H]2Cc3ccccc3CN2C(=O)[C@@H]2CCCN2C(=O)[C@H](CCCCN)NC1=O. The highest BCUT2D eigenvalue weighted by Gasteiger charge is 2.45. The molecule has 3 saturated heterocycles. The van der Waals surface area contributed by atoms with Crippen LogP contribution >= 0.6 is 11.8 Å². The van der Waals surface area contributed by atoms with Gasteiger partial charge in [-0.2, -0.15) is 0 Å². The van der Waals surface area contributed by atoms with Gasteiger partial charge in [-0.3, -0.25) is 47.9 Å². The van der Waals surface area contributed by atoms with Crippen LogP contribution in [0.25, 0.3) is 0 Å². The number of rotatable bonds is 12. The van der Waals surface area contributed by atoms with E-state index in [1.54, 1.807) is 36.4 Å². The number of carbonyl (C=O) groups is 10. The van der Waals surface area contributed by atoms with Crippen LogP contribution in [0.2, 0.25) is 0 Å². The molecule has 11 N–H and O–H groups in total. The van der Waals surface area contributed by atoms with E-state index in [2.05, 4.69) is 26.6 Å². The zero-order valence-electron chi connectivity index (χ0n) is 44.3. The summed E-state index contributed by atoms with van der Waals surface area (Å²) in [6.07, 6.45) is 2.79. The van der Waals surface area contributed by atoms with E-state index in [1.807, 2.05) is 44.2 Å². The number of hydrogen-bond acceptors (Lipinski definition) is 12. The van der Waals surface area contributed by atoms with Crippen molar-refractivity contribution in [2.75, 3.05) is 31.1 Å². The lowest BCUT2D eigenvalue weighted by Crippen LogP contribution is -2.61. The highest BCUT2D eigenvalue weighted by atomic mass is 32.2. The van der Waals surface area contributed by atoms with Gasteiger partial charge >= 0.3 is 0 Å². The Morgan fingerprint density at radius 2 is 1.18 bits per heavy atom. The predicted molar refractivity (Wildman–Crippen MR) is 291 cm³/mol. The molecule has 10 amide bonds. The van der Waals surface area contributed by atoms with Gasteiger partial charge in [0.25, 0.3) is 0 Å². The summed E-state index contributed by atoms with van der Waals surface area (Å²) in [6.45, 7) is 4.48. The lowest BCUT2D eigenvalue weighted by atomic mass is 9.92. The molecule has 22 heteroatoms. The third-order valence-corrected chi connectivity index (χ3v) is 15.8. The van der Waals surface area contributed by atoms with Gasteiger partial charge < -0.3 is 58.5 Å². The van der Waals surface area contributed by atoms with E-state index in [9.17, 15) is 43.2 Å². The molecule has 3 aromatic carbocycles. The van der Waals surface area contributed by atoms with Gasteiger partial charge in [-0.25, -0.2) is 0 Å². The summed E-state index contributed by atoms with van der Waals surface area (Å²) < 4.78 is 0. The fourth-order valence-electron chi connectivity index (χ4n) is 10.7. The first-order valence-electron chi connectivity index (χ1n) is 26.9. The monoisotopic (exact) mass is 1090 g/mol. The zero-order chi connectivity index (χ0) is 56.0. The molecule has 0 aromatic heterocycles. The average Bonchev–Trinajstić information content (AvgIpc) is 4.20. The summed E-state index contributed by atoms with van der Waals surface area (Å²) in [5.41, 5.74) is 20.2. The Hall–Kier alpha value is -7.33. The third kappa shape index (κ3) is 15.0. The van der Waals surface area contributed by atoms with Crippen molar-refractivity contribution in [2.24, 2.45) is 23.1 Å². The van der Waals surface area contributed by atoms with Gasteiger partial charge in [0.15, 0.2) is 0 Å². The number of thioether (sulfide) groups is 1. The molecular weight excluding hydrogens is 1020 g/mol. The first-order valence-corrected chi connectivity index (χ1v) is 28.1. The molecule has 0 aliphatic carbocycles. The normalized spacial score (nSPS) is 25.4. The van der Waals surface area contributed by atoms with Crippen molar-refractivity contribution in [1.82, 2.24) is 41.3 Å². The minimum atomic E-state index is -1.38. The molecule has 0 spiro atoms. The summed E-state index contributed by atoms with van der Waals surface area (Å²) in [5.74, 6) is -6.99. The van der Waals surface area contributed by atoms with Crippen molar-refractivity contribution in [2.45, 2.75) is 139 Å². The largest absolute Gasteiger partial charge is 0.368 e. The molecule has 418 valence electrons. The number of fused-ring (bicyclic) bond motifs is 4.